The van der Waals surface area contributed by atoms with Gasteiger partial charge >= 0.3 is 5.97 Å². The maximum absolute atomic E-state index is 12.9. The number of hydrogen-bond acceptors (Lipinski definition) is 3. The highest BCUT2D eigenvalue weighted by atomic mass is 16.6. The number of carbonyl (C=O) groups is 2. The van der Waals surface area contributed by atoms with Crippen molar-refractivity contribution in [3.05, 3.63) is 23.3 Å². The van der Waals surface area contributed by atoms with Gasteiger partial charge in [-0.1, -0.05) is 31.1 Å². The van der Waals surface area contributed by atoms with Gasteiger partial charge in [0.15, 0.2) is 5.78 Å². The van der Waals surface area contributed by atoms with E-state index in [1.807, 2.05) is 0 Å². The van der Waals surface area contributed by atoms with Gasteiger partial charge in [0.2, 0.25) is 0 Å². The minimum atomic E-state index is -0.184. The molecular weight excluding hydrogens is 372 g/mol. The van der Waals surface area contributed by atoms with Crippen molar-refractivity contribution in [3.63, 3.8) is 0 Å². The Labute approximate surface area is 178 Å². The standard InChI is InChI=1S/C27H32O3/c1-24-7-5-18-16(23(24)15-11-19(15)27(24)8-6-22(29)30-27)13-26(9-10-26)21-12-20(28)14-3-4-17(14)25(18,21)2/h5,12,14-17,19,23H,3-4,6-11,13H2,1-2H3. The lowest BCUT2D eigenvalue weighted by atomic mass is 9.41. The third kappa shape index (κ3) is 1.57. The zero-order valence-electron chi connectivity index (χ0n) is 18.2. The molecule has 3 heteroatoms. The van der Waals surface area contributed by atoms with Gasteiger partial charge in [-0.15, -0.1) is 0 Å². The summed E-state index contributed by atoms with van der Waals surface area (Å²) in [6.07, 6.45) is 14.8. The van der Waals surface area contributed by atoms with Crippen molar-refractivity contribution < 1.29 is 14.3 Å². The summed E-state index contributed by atoms with van der Waals surface area (Å²) in [6.45, 7) is 4.99. The van der Waals surface area contributed by atoms with Gasteiger partial charge in [-0.05, 0) is 86.5 Å². The first-order valence-corrected chi connectivity index (χ1v) is 12.5. The molecule has 2 spiro atoms. The summed E-state index contributed by atoms with van der Waals surface area (Å²) in [6, 6.07) is 0. The van der Waals surface area contributed by atoms with E-state index in [1.165, 1.54) is 37.7 Å². The van der Waals surface area contributed by atoms with E-state index in [1.54, 1.807) is 5.57 Å². The van der Waals surface area contributed by atoms with Gasteiger partial charge in [-0.2, -0.15) is 0 Å². The van der Waals surface area contributed by atoms with Gasteiger partial charge in [-0.25, -0.2) is 0 Å². The number of carbonyl (C=O) groups excluding carboxylic acids is 2. The normalized spacial score (nSPS) is 57.9. The molecule has 0 amide bonds. The molecule has 7 aliphatic carbocycles. The lowest BCUT2D eigenvalue weighted by Gasteiger charge is -2.63. The minimum Gasteiger partial charge on any atom is -0.458 e. The molecule has 5 saturated carbocycles. The van der Waals surface area contributed by atoms with E-state index in [0.717, 1.165) is 25.2 Å². The molecule has 0 aromatic rings. The molecular formula is C27H32O3. The number of ether oxygens (including phenoxy) is 1. The van der Waals surface area contributed by atoms with Gasteiger partial charge in [0.25, 0.3) is 0 Å². The number of hydrogen-bond donors (Lipinski definition) is 0. The summed E-state index contributed by atoms with van der Waals surface area (Å²) in [5.41, 5.74) is 3.57. The second kappa shape index (κ2) is 4.69. The van der Waals surface area contributed by atoms with Crippen LogP contribution in [0.5, 0.6) is 0 Å². The fraction of sp³-hybridized carbons (Fsp3) is 0.778. The molecule has 3 nitrogen and oxygen atoms in total. The summed E-state index contributed by atoms with van der Waals surface area (Å²) in [4.78, 5) is 25.1. The molecule has 6 fully saturated rings. The SMILES string of the molecule is CC12C3=CCC4(C)C(C3CC3(CC3)C1=CC(=O)C1CCC12)C1CC1C41CCC(=O)O1. The van der Waals surface area contributed by atoms with Crippen LogP contribution in [0, 0.1) is 51.8 Å². The molecule has 9 unspecified atom stereocenters. The van der Waals surface area contributed by atoms with Crippen LogP contribution in [0.4, 0.5) is 0 Å². The Hall–Kier alpha value is -1.38. The van der Waals surface area contributed by atoms with Crippen LogP contribution in [0.3, 0.4) is 0 Å². The lowest BCUT2D eigenvalue weighted by Crippen LogP contribution is -2.58. The van der Waals surface area contributed by atoms with Crippen LogP contribution < -0.4 is 0 Å². The number of rotatable bonds is 0. The maximum atomic E-state index is 12.9. The third-order valence-corrected chi connectivity index (χ3v) is 12.0. The van der Waals surface area contributed by atoms with Crippen molar-refractivity contribution in [2.75, 3.05) is 0 Å². The molecule has 30 heavy (non-hydrogen) atoms. The Bertz CT molecular complexity index is 1000. The molecule has 1 saturated heterocycles. The molecule has 1 aliphatic heterocycles. The monoisotopic (exact) mass is 404 g/mol. The van der Waals surface area contributed by atoms with Crippen LogP contribution in [0.2, 0.25) is 0 Å². The first-order chi connectivity index (χ1) is 14.3. The Kier molecular flexibility index (Phi) is 2.69. The van der Waals surface area contributed by atoms with Crippen molar-refractivity contribution in [2.24, 2.45) is 51.8 Å². The van der Waals surface area contributed by atoms with E-state index in [2.05, 4.69) is 26.0 Å². The van der Waals surface area contributed by atoms with Gasteiger partial charge < -0.3 is 4.74 Å². The number of allylic oxidation sites excluding steroid dienone is 4. The van der Waals surface area contributed by atoms with Crippen molar-refractivity contribution in [1.29, 1.82) is 0 Å². The second-order valence-electron chi connectivity index (χ2n) is 12.7. The first-order valence-electron chi connectivity index (χ1n) is 12.5. The Morgan fingerprint density at radius 1 is 1.03 bits per heavy atom. The summed E-state index contributed by atoms with van der Waals surface area (Å²) < 4.78 is 6.25. The molecule has 9 atom stereocenters. The van der Waals surface area contributed by atoms with E-state index in [0.29, 0.717) is 41.3 Å². The molecule has 8 rings (SSSR count). The predicted molar refractivity (Wildman–Crippen MR) is 111 cm³/mol. The summed E-state index contributed by atoms with van der Waals surface area (Å²) in [7, 11) is 0. The van der Waals surface area contributed by atoms with Gasteiger partial charge in [-0.3, -0.25) is 9.59 Å². The van der Waals surface area contributed by atoms with Crippen molar-refractivity contribution >= 4 is 11.8 Å². The number of fused-ring (bicyclic) bond motifs is 12. The minimum absolute atomic E-state index is 0.0416. The molecule has 8 aliphatic rings. The van der Waals surface area contributed by atoms with Crippen molar-refractivity contribution in [1.82, 2.24) is 0 Å². The summed E-state index contributed by atoms with van der Waals surface area (Å²) >= 11 is 0. The van der Waals surface area contributed by atoms with E-state index in [9.17, 15) is 9.59 Å². The fourth-order valence-corrected chi connectivity index (χ4v) is 10.5. The van der Waals surface area contributed by atoms with E-state index in [4.69, 9.17) is 4.74 Å². The number of esters is 1. The fourth-order valence-electron chi connectivity index (χ4n) is 10.5. The Balaban J connectivity index is 1.30. The third-order valence-electron chi connectivity index (χ3n) is 12.0. The van der Waals surface area contributed by atoms with E-state index in [-0.39, 0.29) is 28.3 Å². The van der Waals surface area contributed by atoms with Crippen LogP contribution in [0.1, 0.15) is 71.6 Å². The van der Waals surface area contributed by atoms with Crippen molar-refractivity contribution in [2.45, 2.75) is 77.2 Å². The van der Waals surface area contributed by atoms with Crippen molar-refractivity contribution in [3.8, 4) is 0 Å². The molecule has 0 N–H and O–H groups in total. The Morgan fingerprint density at radius 2 is 1.87 bits per heavy atom. The second-order valence-corrected chi connectivity index (χ2v) is 12.7. The number of ketones is 1. The van der Waals surface area contributed by atoms with Crippen LogP contribution in [-0.4, -0.2) is 17.4 Å². The molecule has 0 aromatic heterocycles. The van der Waals surface area contributed by atoms with E-state index >= 15 is 0 Å². The Morgan fingerprint density at radius 3 is 2.53 bits per heavy atom. The quantitative estimate of drug-likeness (QED) is 0.421. The lowest BCUT2D eigenvalue weighted by molar-refractivity contribution is -0.166. The average molecular weight is 405 g/mol. The zero-order chi connectivity index (χ0) is 20.3. The smallest absolute Gasteiger partial charge is 0.306 e. The topological polar surface area (TPSA) is 43.4 Å². The van der Waals surface area contributed by atoms with Gasteiger partial charge in [0.1, 0.15) is 5.60 Å². The molecule has 158 valence electrons. The van der Waals surface area contributed by atoms with Gasteiger partial charge in [0.05, 0.1) is 0 Å². The largest absolute Gasteiger partial charge is 0.458 e. The molecule has 0 aromatic carbocycles. The average Bonchev–Trinajstić information content (AvgIpc) is 3.55. The highest BCUT2D eigenvalue weighted by Crippen LogP contribution is 2.81. The summed E-state index contributed by atoms with van der Waals surface area (Å²) in [5.74, 6) is 3.96. The van der Waals surface area contributed by atoms with E-state index < -0.39 is 0 Å². The highest BCUT2D eigenvalue weighted by Gasteiger charge is 2.79. The van der Waals surface area contributed by atoms with Crippen LogP contribution in [0.15, 0.2) is 23.3 Å². The van der Waals surface area contributed by atoms with Crippen LogP contribution in [0.25, 0.3) is 0 Å². The van der Waals surface area contributed by atoms with Gasteiger partial charge in [0, 0.05) is 29.1 Å². The van der Waals surface area contributed by atoms with Crippen LogP contribution >= 0.6 is 0 Å². The maximum Gasteiger partial charge on any atom is 0.306 e. The highest BCUT2D eigenvalue weighted by molar-refractivity contribution is 5.95. The summed E-state index contributed by atoms with van der Waals surface area (Å²) in [5, 5.41) is 0. The predicted octanol–water partition coefficient (Wildman–Crippen LogP) is 5.01. The first kappa shape index (κ1) is 17.2. The molecule has 0 radical (unpaired) electrons. The van der Waals surface area contributed by atoms with Crippen LogP contribution in [-0.2, 0) is 14.3 Å². The zero-order valence-corrected chi connectivity index (χ0v) is 18.2. The molecule has 0 bridgehead atoms. The molecule has 1 heterocycles.